The van der Waals surface area contributed by atoms with E-state index < -0.39 is 0 Å². The molecule has 0 amide bonds. The van der Waals surface area contributed by atoms with Crippen molar-refractivity contribution in [3.05, 3.63) is 34.3 Å². The Bertz CT molecular complexity index is 305. The molecular formula is C12H16BrN. The molecule has 1 heterocycles. The van der Waals surface area contributed by atoms with Crippen LogP contribution in [0.15, 0.2) is 28.7 Å². The smallest absolute Gasteiger partial charge is 0.0178 e. The summed E-state index contributed by atoms with van der Waals surface area (Å²) in [6.07, 6.45) is 2.64. The van der Waals surface area contributed by atoms with E-state index in [9.17, 15) is 0 Å². The third-order valence-corrected chi connectivity index (χ3v) is 3.57. The largest absolute Gasteiger partial charge is 0.313 e. The summed E-state index contributed by atoms with van der Waals surface area (Å²) in [5.41, 5.74) is 1.43. The van der Waals surface area contributed by atoms with Crippen LogP contribution in [0.3, 0.4) is 0 Å². The summed E-state index contributed by atoms with van der Waals surface area (Å²) in [4.78, 5) is 0. The minimum Gasteiger partial charge on any atom is -0.313 e. The SMILES string of the molecule is CC(c1cccc(Br)c1)C1CCCN1. The predicted molar refractivity (Wildman–Crippen MR) is 63.6 cm³/mol. The van der Waals surface area contributed by atoms with E-state index in [1.165, 1.54) is 29.4 Å². The van der Waals surface area contributed by atoms with Crippen molar-refractivity contribution in [2.75, 3.05) is 6.54 Å². The van der Waals surface area contributed by atoms with Gasteiger partial charge in [-0.25, -0.2) is 0 Å². The number of benzene rings is 1. The molecule has 1 aromatic rings. The van der Waals surface area contributed by atoms with Crippen LogP contribution in [0, 0.1) is 0 Å². The van der Waals surface area contributed by atoms with E-state index in [1.54, 1.807) is 0 Å². The van der Waals surface area contributed by atoms with Gasteiger partial charge in [0.15, 0.2) is 0 Å². The maximum atomic E-state index is 3.56. The van der Waals surface area contributed by atoms with E-state index in [-0.39, 0.29) is 0 Å². The van der Waals surface area contributed by atoms with Crippen molar-refractivity contribution in [1.29, 1.82) is 0 Å². The molecule has 0 saturated carbocycles. The van der Waals surface area contributed by atoms with Gasteiger partial charge in [-0.05, 0) is 43.0 Å². The Morgan fingerprint density at radius 2 is 2.36 bits per heavy atom. The molecule has 2 rings (SSSR count). The fraction of sp³-hybridized carbons (Fsp3) is 0.500. The van der Waals surface area contributed by atoms with Crippen LogP contribution in [-0.2, 0) is 0 Å². The average Bonchev–Trinajstić information content (AvgIpc) is 2.69. The van der Waals surface area contributed by atoms with E-state index in [4.69, 9.17) is 0 Å². The molecule has 2 atom stereocenters. The van der Waals surface area contributed by atoms with Gasteiger partial charge in [-0.1, -0.05) is 35.0 Å². The van der Waals surface area contributed by atoms with Gasteiger partial charge in [0.1, 0.15) is 0 Å². The average molecular weight is 254 g/mol. The van der Waals surface area contributed by atoms with Crippen molar-refractivity contribution in [3.63, 3.8) is 0 Å². The lowest BCUT2D eigenvalue weighted by molar-refractivity contribution is 0.517. The van der Waals surface area contributed by atoms with Crippen molar-refractivity contribution < 1.29 is 0 Å². The topological polar surface area (TPSA) is 12.0 Å². The van der Waals surface area contributed by atoms with Gasteiger partial charge in [-0.15, -0.1) is 0 Å². The molecule has 1 aromatic carbocycles. The van der Waals surface area contributed by atoms with Gasteiger partial charge >= 0.3 is 0 Å². The predicted octanol–water partition coefficient (Wildman–Crippen LogP) is 3.30. The Balaban J connectivity index is 2.13. The Morgan fingerprint density at radius 3 is 3.00 bits per heavy atom. The number of hydrogen-bond donors (Lipinski definition) is 1. The first-order chi connectivity index (χ1) is 6.77. The Hall–Kier alpha value is -0.340. The monoisotopic (exact) mass is 253 g/mol. The molecule has 1 fully saturated rings. The van der Waals surface area contributed by atoms with E-state index in [2.05, 4.69) is 52.4 Å². The van der Waals surface area contributed by atoms with Crippen molar-refractivity contribution in [3.8, 4) is 0 Å². The molecule has 76 valence electrons. The highest BCUT2D eigenvalue weighted by Crippen LogP contribution is 2.26. The lowest BCUT2D eigenvalue weighted by Crippen LogP contribution is -2.27. The molecule has 2 unspecified atom stereocenters. The Labute approximate surface area is 94.0 Å². The summed E-state index contributed by atoms with van der Waals surface area (Å²) >= 11 is 3.52. The highest BCUT2D eigenvalue weighted by atomic mass is 79.9. The molecule has 0 aromatic heterocycles. The van der Waals surface area contributed by atoms with Gasteiger partial charge in [0, 0.05) is 10.5 Å². The van der Waals surface area contributed by atoms with Crippen LogP contribution in [0.25, 0.3) is 0 Å². The summed E-state index contributed by atoms with van der Waals surface area (Å²) in [7, 11) is 0. The Kier molecular flexibility index (Phi) is 3.24. The third-order valence-electron chi connectivity index (χ3n) is 3.08. The molecule has 0 bridgehead atoms. The van der Waals surface area contributed by atoms with Crippen LogP contribution >= 0.6 is 15.9 Å². The van der Waals surface area contributed by atoms with E-state index in [1.807, 2.05) is 0 Å². The standard InChI is InChI=1S/C12H16BrN/c1-9(12-6-3-7-14-12)10-4-2-5-11(13)8-10/h2,4-5,8-9,12,14H,3,6-7H2,1H3. The number of nitrogens with one attached hydrogen (secondary N) is 1. The lowest BCUT2D eigenvalue weighted by Gasteiger charge is -2.19. The van der Waals surface area contributed by atoms with Crippen LogP contribution in [0.5, 0.6) is 0 Å². The van der Waals surface area contributed by atoms with Crippen LogP contribution in [0.2, 0.25) is 0 Å². The lowest BCUT2D eigenvalue weighted by atomic mass is 9.92. The zero-order valence-electron chi connectivity index (χ0n) is 8.46. The first kappa shape index (κ1) is 10.2. The fourth-order valence-corrected chi connectivity index (χ4v) is 2.58. The van der Waals surface area contributed by atoms with Crippen LogP contribution in [0.4, 0.5) is 0 Å². The van der Waals surface area contributed by atoms with Crippen molar-refractivity contribution in [1.82, 2.24) is 5.32 Å². The number of rotatable bonds is 2. The maximum absolute atomic E-state index is 3.56. The number of halogens is 1. The summed E-state index contributed by atoms with van der Waals surface area (Å²) in [5.74, 6) is 0.620. The van der Waals surface area contributed by atoms with Crippen LogP contribution < -0.4 is 5.32 Å². The zero-order chi connectivity index (χ0) is 9.97. The van der Waals surface area contributed by atoms with Crippen molar-refractivity contribution in [2.24, 2.45) is 0 Å². The quantitative estimate of drug-likeness (QED) is 0.853. The molecule has 0 aliphatic carbocycles. The number of hydrogen-bond acceptors (Lipinski definition) is 1. The van der Waals surface area contributed by atoms with E-state index in [0.29, 0.717) is 12.0 Å². The van der Waals surface area contributed by atoms with Crippen molar-refractivity contribution >= 4 is 15.9 Å². The minimum atomic E-state index is 0.620. The van der Waals surface area contributed by atoms with Gasteiger partial charge in [0.05, 0.1) is 0 Å². The molecule has 1 saturated heterocycles. The molecule has 1 aliphatic rings. The molecule has 1 aliphatic heterocycles. The van der Waals surface area contributed by atoms with E-state index in [0.717, 1.165) is 0 Å². The molecule has 0 spiro atoms. The fourth-order valence-electron chi connectivity index (χ4n) is 2.16. The van der Waals surface area contributed by atoms with Crippen molar-refractivity contribution in [2.45, 2.75) is 31.7 Å². The molecule has 14 heavy (non-hydrogen) atoms. The minimum absolute atomic E-state index is 0.620. The first-order valence-electron chi connectivity index (χ1n) is 5.26. The van der Waals surface area contributed by atoms with E-state index >= 15 is 0 Å². The second-order valence-corrected chi connectivity index (χ2v) is 4.96. The van der Waals surface area contributed by atoms with Gasteiger partial charge in [0.2, 0.25) is 0 Å². The second kappa shape index (κ2) is 4.45. The summed E-state index contributed by atoms with van der Waals surface area (Å²) in [6, 6.07) is 9.31. The second-order valence-electron chi connectivity index (χ2n) is 4.05. The molecule has 1 N–H and O–H groups in total. The summed E-state index contributed by atoms with van der Waals surface area (Å²) < 4.78 is 1.18. The van der Waals surface area contributed by atoms with Gasteiger partial charge < -0.3 is 5.32 Å². The highest BCUT2D eigenvalue weighted by Gasteiger charge is 2.21. The van der Waals surface area contributed by atoms with Gasteiger partial charge in [-0.2, -0.15) is 0 Å². The normalized spacial score (nSPS) is 23.7. The highest BCUT2D eigenvalue weighted by molar-refractivity contribution is 9.10. The third kappa shape index (κ3) is 2.18. The molecular weight excluding hydrogens is 238 g/mol. The molecule has 1 nitrogen and oxygen atoms in total. The first-order valence-corrected chi connectivity index (χ1v) is 6.05. The zero-order valence-corrected chi connectivity index (χ0v) is 10.0. The molecule has 0 radical (unpaired) electrons. The summed E-state index contributed by atoms with van der Waals surface area (Å²) in [6.45, 7) is 3.49. The van der Waals surface area contributed by atoms with Crippen LogP contribution in [-0.4, -0.2) is 12.6 Å². The van der Waals surface area contributed by atoms with Gasteiger partial charge in [0.25, 0.3) is 0 Å². The maximum Gasteiger partial charge on any atom is 0.0178 e. The Morgan fingerprint density at radius 1 is 1.50 bits per heavy atom. The van der Waals surface area contributed by atoms with Gasteiger partial charge in [-0.3, -0.25) is 0 Å². The molecule has 2 heteroatoms. The summed E-state index contributed by atoms with van der Waals surface area (Å²) in [5, 5.41) is 3.56. The van der Waals surface area contributed by atoms with Crippen LogP contribution in [0.1, 0.15) is 31.2 Å².